The van der Waals surface area contributed by atoms with E-state index in [0.717, 1.165) is 37.8 Å². The third-order valence-corrected chi connectivity index (χ3v) is 5.91. The van der Waals surface area contributed by atoms with Crippen molar-refractivity contribution < 1.29 is 8.42 Å². The van der Waals surface area contributed by atoms with E-state index < -0.39 is 9.84 Å². The monoisotopic (exact) mass is 275 g/mol. The minimum absolute atomic E-state index is 0.291. The minimum atomic E-state index is -2.77. The van der Waals surface area contributed by atoms with Crippen LogP contribution < -0.4 is 5.32 Å². The fraction of sp³-hybridized carbons (Fsp3) is 1.00. The summed E-state index contributed by atoms with van der Waals surface area (Å²) in [5.74, 6) is 2.20. The van der Waals surface area contributed by atoms with Gasteiger partial charge in [-0.05, 0) is 50.6 Å². The van der Waals surface area contributed by atoms with Gasteiger partial charge >= 0.3 is 0 Å². The van der Waals surface area contributed by atoms with Gasteiger partial charge in [-0.25, -0.2) is 8.42 Å². The van der Waals surface area contributed by atoms with Crippen LogP contribution in [0.5, 0.6) is 0 Å². The quantitative estimate of drug-likeness (QED) is 0.658. The molecule has 0 bridgehead atoms. The van der Waals surface area contributed by atoms with E-state index in [9.17, 15) is 8.42 Å². The van der Waals surface area contributed by atoms with Crippen molar-refractivity contribution in [2.45, 2.75) is 52.4 Å². The highest BCUT2D eigenvalue weighted by Gasteiger charge is 2.26. The van der Waals surface area contributed by atoms with E-state index in [2.05, 4.69) is 12.2 Å². The lowest BCUT2D eigenvalue weighted by Gasteiger charge is -2.20. The average Bonchev–Trinajstić information content (AvgIpc) is 2.77. The zero-order chi connectivity index (χ0) is 13.4. The van der Waals surface area contributed by atoms with Crippen LogP contribution in [-0.2, 0) is 9.84 Å². The summed E-state index contributed by atoms with van der Waals surface area (Å²) in [6.07, 6.45) is 7.07. The first-order valence-corrected chi connectivity index (χ1v) is 9.32. The summed E-state index contributed by atoms with van der Waals surface area (Å²) in [7, 11) is -2.77. The van der Waals surface area contributed by atoms with Crippen LogP contribution in [0.3, 0.4) is 0 Å². The molecule has 0 spiro atoms. The topological polar surface area (TPSA) is 46.2 Å². The predicted molar refractivity (Wildman–Crippen MR) is 77.6 cm³/mol. The molecule has 2 unspecified atom stereocenters. The van der Waals surface area contributed by atoms with E-state index in [1.54, 1.807) is 6.92 Å². The van der Waals surface area contributed by atoms with Crippen molar-refractivity contribution in [3.63, 3.8) is 0 Å². The molecule has 0 radical (unpaired) electrons. The first-order valence-electron chi connectivity index (χ1n) is 7.50. The molecule has 0 aromatic carbocycles. The third-order valence-electron chi connectivity index (χ3n) is 4.12. The van der Waals surface area contributed by atoms with Gasteiger partial charge in [-0.3, -0.25) is 0 Å². The second-order valence-electron chi connectivity index (χ2n) is 5.53. The molecule has 0 aliphatic heterocycles. The Kier molecular flexibility index (Phi) is 7.23. The Morgan fingerprint density at radius 1 is 1.17 bits per heavy atom. The number of nitrogens with one attached hydrogen (secondary N) is 1. The Hall–Kier alpha value is -0.0900. The highest BCUT2D eigenvalue weighted by atomic mass is 32.2. The molecule has 18 heavy (non-hydrogen) atoms. The maximum atomic E-state index is 11.5. The standard InChI is InChI=1S/C14H29NO2S/c1-3-10-15-12-14-8-5-7-13(14)9-6-11-18(16,17)4-2/h13-15H,3-12H2,1-2H3. The van der Waals surface area contributed by atoms with Crippen LogP contribution in [0.2, 0.25) is 0 Å². The highest BCUT2D eigenvalue weighted by molar-refractivity contribution is 7.91. The van der Waals surface area contributed by atoms with Crippen molar-refractivity contribution in [2.75, 3.05) is 24.6 Å². The van der Waals surface area contributed by atoms with E-state index in [1.807, 2.05) is 0 Å². The molecule has 1 aliphatic rings. The molecule has 0 aromatic heterocycles. The van der Waals surface area contributed by atoms with E-state index in [0.29, 0.717) is 11.5 Å². The van der Waals surface area contributed by atoms with Crippen LogP contribution in [-0.4, -0.2) is 33.0 Å². The lowest BCUT2D eigenvalue weighted by Crippen LogP contribution is -2.26. The van der Waals surface area contributed by atoms with Gasteiger partial charge in [-0.2, -0.15) is 0 Å². The first kappa shape index (κ1) is 16.0. The van der Waals surface area contributed by atoms with Crippen LogP contribution in [0.1, 0.15) is 52.4 Å². The Morgan fingerprint density at radius 3 is 2.56 bits per heavy atom. The summed E-state index contributed by atoms with van der Waals surface area (Å²) in [6.45, 7) is 6.16. The van der Waals surface area contributed by atoms with E-state index >= 15 is 0 Å². The molecule has 1 rings (SSSR count). The Morgan fingerprint density at radius 2 is 1.89 bits per heavy atom. The number of sulfone groups is 1. The largest absolute Gasteiger partial charge is 0.316 e. The van der Waals surface area contributed by atoms with Crippen LogP contribution in [0, 0.1) is 11.8 Å². The van der Waals surface area contributed by atoms with Crippen molar-refractivity contribution in [3.8, 4) is 0 Å². The van der Waals surface area contributed by atoms with Crippen LogP contribution >= 0.6 is 0 Å². The molecule has 3 nitrogen and oxygen atoms in total. The van der Waals surface area contributed by atoms with Crippen LogP contribution in [0.15, 0.2) is 0 Å². The molecule has 1 fully saturated rings. The molecule has 108 valence electrons. The van der Waals surface area contributed by atoms with E-state index in [4.69, 9.17) is 0 Å². The summed E-state index contributed by atoms with van der Waals surface area (Å²) in [5.41, 5.74) is 0. The van der Waals surface area contributed by atoms with Crippen molar-refractivity contribution in [3.05, 3.63) is 0 Å². The van der Waals surface area contributed by atoms with Gasteiger partial charge in [-0.1, -0.05) is 26.7 Å². The maximum Gasteiger partial charge on any atom is 0.150 e. The van der Waals surface area contributed by atoms with Crippen molar-refractivity contribution in [2.24, 2.45) is 11.8 Å². The van der Waals surface area contributed by atoms with E-state index in [1.165, 1.54) is 25.7 Å². The molecule has 1 saturated carbocycles. The van der Waals surface area contributed by atoms with Gasteiger partial charge in [-0.15, -0.1) is 0 Å². The second kappa shape index (κ2) is 8.16. The third kappa shape index (κ3) is 5.70. The molecule has 0 aromatic rings. The van der Waals surface area contributed by atoms with Gasteiger partial charge in [0.2, 0.25) is 0 Å². The van der Waals surface area contributed by atoms with Gasteiger partial charge in [0, 0.05) is 5.75 Å². The minimum Gasteiger partial charge on any atom is -0.316 e. The number of hydrogen-bond acceptors (Lipinski definition) is 3. The van der Waals surface area contributed by atoms with Crippen LogP contribution in [0.25, 0.3) is 0 Å². The fourth-order valence-corrected chi connectivity index (χ4v) is 3.83. The van der Waals surface area contributed by atoms with Crippen molar-refractivity contribution >= 4 is 9.84 Å². The summed E-state index contributed by atoms with van der Waals surface area (Å²) >= 11 is 0. The lowest BCUT2D eigenvalue weighted by atomic mass is 9.92. The zero-order valence-electron chi connectivity index (χ0n) is 12.0. The van der Waals surface area contributed by atoms with Gasteiger partial charge < -0.3 is 5.32 Å². The van der Waals surface area contributed by atoms with Gasteiger partial charge in [0.25, 0.3) is 0 Å². The Labute approximate surface area is 113 Å². The summed E-state index contributed by atoms with van der Waals surface area (Å²) < 4.78 is 22.9. The average molecular weight is 275 g/mol. The molecule has 4 heteroatoms. The normalized spacial score (nSPS) is 24.6. The van der Waals surface area contributed by atoms with Gasteiger partial charge in [0.05, 0.1) is 5.75 Å². The molecule has 0 amide bonds. The maximum absolute atomic E-state index is 11.5. The summed E-state index contributed by atoms with van der Waals surface area (Å²) in [5, 5.41) is 3.51. The van der Waals surface area contributed by atoms with Gasteiger partial charge in [0.15, 0.2) is 0 Å². The molecule has 0 heterocycles. The first-order chi connectivity index (χ1) is 8.59. The van der Waals surface area contributed by atoms with Crippen LogP contribution in [0.4, 0.5) is 0 Å². The van der Waals surface area contributed by atoms with Crippen molar-refractivity contribution in [1.82, 2.24) is 5.32 Å². The van der Waals surface area contributed by atoms with Gasteiger partial charge in [0.1, 0.15) is 9.84 Å². The van der Waals surface area contributed by atoms with E-state index in [-0.39, 0.29) is 0 Å². The SMILES string of the molecule is CCCNCC1CCCC1CCCS(=O)(=O)CC. The smallest absolute Gasteiger partial charge is 0.150 e. The molecule has 1 N–H and O–H groups in total. The lowest BCUT2D eigenvalue weighted by molar-refractivity contribution is 0.345. The summed E-state index contributed by atoms with van der Waals surface area (Å²) in [4.78, 5) is 0. The van der Waals surface area contributed by atoms with Crippen molar-refractivity contribution in [1.29, 1.82) is 0 Å². The molecule has 1 aliphatic carbocycles. The zero-order valence-corrected chi connectivity index (χ0v) is 12.8. The molecular formula is C14H29NO2S. The molecule has 2 atom stereocenters. The number of rotatable bonds is 9. The Balaban J connectivity index is 2.23. The highest BCUT2D eigenvalue weighted by Crippen LogP contribution is 2.34. The Bertz CT molecular complexity index is 314. The predicted octanol–water partition coefficient (Wildman–Crippen LogP) is 2.62. The fourth-order valence-electron chi connectivity index (χ4n) is 2.94. The molecular weight excluding hydrogens is 246 g/mol. The number of hydrogen-bond donors (Lipinski definition) is 1. The second-order valence-corrected chi connectivity index (χ2v) is 8.01. The summed E-state index contributed by atoms with van der Waals surface area (Å²) in [6, 6.07) is 0. The molecule has 0 saturated heterocycles.